The van der Waals surface area contributed by atoms with Crippen LogP contribution in [-0.4, -0.2) is 20.8 Å². The van der Waals surface area contributed by atoms with E-state index in [-0.39, 0.29) is 11.1 Å². The fourth-order valence-corrected chi connectivity index (χ4v) is 3.54. The number of hydrogen-bond donors (Lipinski definition) is 2. The van der Waals surface area contributed by atoms with Crippen LogP contribution in [0.15, 0.2) is 60.8 Å². The Balaban J connectivity index is 1.69. The van der Waals surface area contributed by atoms with Gasteiger partial charge in [0.2, 0.25) is 0 Å². The molecular formula is C23H21FIN5O. The number of nitrogens with one attached hydrogen (secondary N) is 2. The Hall–Kier alpha value is -3.01. The van der Waals surface area contributed by atoms with Crippen LogP contribution in [0.2, 0.25) is 0 Å². The average Bonchev–Trinajstić information content (AvgIpc) is 3.14. The highest BCUT2D eigenvalue weighted by Gasteiger charge is 2.22. The number of aromatic nitrogens is 3. The number of urea groups is 1. The van der Waals surface area contributed by atoms with E-state index in [1.54, 1.807) is 16.9 Å². The number of fused-ring (bicyclic) bond motifs is 1. The molecule has 0 spiro atoms. The topological polar surface area (TPSA) is 71.8 Å². The zero-order valence-electron chi connectivity index (χ0n) is 17.3. The first-order valence-electron chi connectivity index (χ1n) is 9.69. The molecule has 31 heavy (non-hydrogen) atoms. The zero-order chi connectivity index (χ0) is 22.2. The molecule has 2 heterocycles. The number of halogens is 2. The van der Waals surface area contributed by atoms with Gasteiger partial charge in [-0.15, -0.1) is 0 Å². The van der Waals surface area contributed by atoms with Crippen molar-refractivity contribution in [1.82, 2.24) is 14.8 Å². The maximum atomic E-state index is 14.1. The first-order valence-corrected chi connectivity index (χ1v) is 10.8. The molecule has 0 fully saturated rings. The van der Waals surface area contributed by atoms with Crippen LogP contribution in [0.1, 0.15) is 26.5 Å². The summed E-state index contributed by atoms with van der Waals surface area (Å²) in [5.41, 5.74) is 2.35. The van der Waals surface area contributed by atoms with Gasteiger partial charge in [0, 0.05) is 26.6 Å². The molecule has 0 aliphatic heterocycles. The van der Waals surface area contributed by atoms with E-state index in [9.17, 15) is 9.18 Å². The summed E-state index contributed by atoms with van der Waals surface area (Å²) in [6.45, 7) is 6.15. The van der Waals surface area contributed by atoms with Gasteiger partial charge in [0.05, 0.1) is 22.6 Å². The van der Waals surface area contributed by atoms with Crippen LogP contribution in [0.5, 0.6) is 0 Å². The van der Waals surface area contributed by atoms with E-state index in [1.165, 1.54) is 12.1 Å². The summed E-state index contributed by atoms with van der Waals surface area (Å²) in [6, 6.07) is 15.5. The van der Waals surface area contributed by atoms with Crippen LogP contribution >= 0.6 is 22.6 Å². The fourth-order valence-electron chi connectivity index (χ4n) is 3.09. The maximum absolute atomic E-state index is 14.1. The van der Waals surface area contributed by atoms with Crippen molar-refractivity contribution >= 4 is 51.0 Å². The molecule has 0 atom stereocenters. The molecule has 0 saturated carbocycles. The molecule has 6 nitrogen and oxygen atoms in total. The van der Waals surface area contributed by atoms with Crippen LogP contribution in [0.4, 0.5) is 20.7 Å². The van der Waals surface area contributed by atoms with E-state index in [4.69, 9.17) is 5.10 Å². The van der Waals surface area contributed by atoms with Gasteiger partial charge >= 0.3 is 6.03 Å². The summed E-state index contributed by atoms with van der Waals surface area (Å²) < 4.78 is 16.6. The van der Waals surface area contributed by atoms with Crippen molar-refractivity contribution in [2.45, 2.75) is 26.2 Å². The van der Waals surface area contributed by atoms with E-state index in [1.807, 2.05) is 59.0 Å². The molecule has 0 aliphatic carbocycles. The number of amides is 2. The zero-order valence-corrected chi connectivity index (χ0v) is 19.4. The van der Waals surface area contributed by atoms with E-state index in [2.05, 4.69) is 36.4 Å². The minimum absolute atomic E-state index is 0.108. The molecule has 4 aromatic rings. The van der Waals surface area contributed by atoms with Crippen LogP contribution in [0.25, 0.3) is 16.6 Å². The van der Waals surface area contributed by atoms with E-state index in [0.717, 1.165) is 25.9 Å². The first kappa shape index (κ1) is 21.2. The number of nitrogens with zero attached hydrogens (tertiary/aromatic N) is 3. The Kier molecular flexibility index (Phi) is 5.65. The molecule has 0 radical (unpaired) electrons. The normalized spacial score (nSPS) is 11.5. The quantitative estimate of drug-likeness (QED) is 0.315. The second kappa shape index (κ2) is 8.26. The molecule has 0 aliphatic rings. The van der Waals surface area contributed by atoms with Crippen molar-refractivity contribution in [3.63, 3.8) is 0 Å². The van der Waals surface area contributed by atoms with E-state index in [0.29, 0.717) is 5.82 Å². The molecule has 2 aromatic heterocycles. The minimum Gasteiger partial charge on any atom is -0.305 e. The van der Waals surface area contributed by atoms with Gasteiger partial charge < -0.3 is 5.32 Å². The van der Waals surface area contributed by atoms with Gasteiger partial charge in [-0.25, -0.2) is 13.9 Å². The number of benzene rings is 2. The predicted molar refractivity (Wildman–Crippen MR) is 129 cm³/mol. The highest BCUT2D eigenvalue weighted by Crippen LogP contribution is 2.28. The van der Waals surface area contributed by atoms with E-state index >= 15 is 0 Å². The lowest BCUT2D eigenvalue weighted by Gasteiger charge is -2.14. The van der Waals surface area contributed by atoms with Gasteiger partial charge in [-0.2, -0.15) is 5.10 Å². The van der Waals surface area contributed by atoms with Gasteiger partial charge in [-0.3, -0.25) is 10.3 Å². The van der Waals surface area contributed by atoms with Crippen molar-refractivity contribution in [2.75, 3.05) is 10.6 Å². The van der Waals surface area contributed by atoms with Crippen LogP contribution in [0.3, 0.4) is 0 Å². The molecule has 158 valence electrons. The number of carbonyl (C=O) groups excluding carboxylic acids is 1. The van der Waals surface area contributed by atoms with Gasteiger partial charge in [0.1, 0.15) is 11.6 Å². The summed E-state index contributed by atoms with van der Waals surface area (Å²) in [4.78, 5) is 17.0. The van der Waals surface area contributed by atoms with Crippen LogP contribution in [0, 0.1) is 9.39 Å². The Morgan fingerprint density at radius 2 is 1.87 bits per heavy atom. The maximum Gasteiger partial charge on any atom is 0.324 e. The van der Waals surface area contributed by atoms with Crippen LogP contribution < -0.4 is 10.6 Å². The standard InChI is InChI=1S/C23H21FIN5O/c1-23(2,3)20-13-21(28-22(31)27-19-8-6-15(25)12-17(19)24)30(29-20)16-7-9-18-14(11-16)5-4-10-26-18/h4-13H,1-3H3,(H2,27,28,31). The van der Waals surface area contributed by atoms with Gasteiger partial charge in [-0.05, 0) is 65.1 Å². The number of carbonyl (C=O) groups is 1. The SMILES string of the molecule is CC(C)(C)c1cc(NC(=O)Nc2ccc(I)cc2F)n(-c2ccc3ncccc3c2)n1. The lowest BCUT2D eigenvalue weighted by atomic mass is 9.92. The second-order valence-electron chi connectivity index (χ2n) is 8.16. The van der Waals surface area contributed by atoms with Crippen molar-refractivity contribution in [2.24, 2.45) is 0 Å². The molecule has 2 amide bonds. The monoisotopic (exact) mass is 529 g/mol. The predicted octanol–water partition coefficient (Wildman–Crippen LogP) is 6.11. The van der Waals surface area contributed by atoms with E-state index < -0.39 is 11.8 Å². The molecule has 0 saturated heterocycles. The van der Waals surface area contributed by atoms with Gasteiger partial charge in [0.25, 0.3) is 0 Å². The summed E-state index contributed by atoms with van der Waals surface area (Å²) in [6.07, 6.45) is 1.74. The third-order valence-electron chi connectivity index (χ3n) is 4.73. The van der Waals surface area contributed by atoms with Gasteiger partial charge in [0.15, 0.2) is 0 Å². The molecule has 0 bridgehead atoms. The highest BCUT2D eigenvalue weighted by molar-refractivity contribution is 14.1. The second-order valence-corrected chi connectivity index (χ2v) is 9.41. The number of hydrogen-bond acceptors (Lipinski definition) is 3. The molecule has 0 unspecified atom stereocenters. The number of pyridine rings is 1. The minimum atomic E-state index is -0.552. The lowest BCUT2D eigenvalue weighted by molar-refractivity contribution is 0.262. The van der Waals surface area contributed by atoms with Crippen molar-refractivity contribution in [3.8, 4) is 5.69 Å². The van der Waals surface area contributed by atoms with Crippen molar-refractivity contribution in [3.05, 3.63) is 75.9 Å². The summed E-state index contributed by atoms with van der Waals surface area (Å²) >= 11 is 2.02. The number of rotatable bonds is 3. The Labute approximate surface area is 193 Å². The van der Waals surface area contributed by atoms with Gasteiger partial charge in [-0.1, -0.05) is 26.8 Å². The fraction of sp³-hybridized carbons (Fsp3) is 0.174. The molecule has 4 rings (SSSR count). The number of anilines is 2. The molecule has 2 N–H and O–H groups in total. The Morgan fingerprint density at radius 3 is 2.61 bits per heavy atom. The Bertz CT molecular complexity index is 1280. The average molecular weight is 529 g/mol. The van der Waals surface area contributed by atoms with Crippen LogP contribution in [-0.2, 0) is 5.41 Å². The third kappa shape index (κ3) is 4.68. The Morgan fingerprint density at radius 1 is 1.06 bits per heavy atom. The lowest BCUT2D eigenvalue weighted by Crippen LogP contribution is -2.22. The smallest absolute Gasteiger partial charge is 0.305 e. The summed E-state index contributed by atoms with van der Waals surface area (Å²) in [7, 11) is 0. The summed E-state index contributed by atoms with van der Waals surface area (Å²) in [5, 5.41) is 11.1. The van der Waals surface area contributed by atoms with Crippen molar-refractivity contribution < 1.29 is 9.18 Å². The first-order chi connectivity index (χ1) is 14.7. The van der Waals surface area contributed by atoms with Crippen molar-refractivity contribution in [1.29, 1.82) is 0 Å². The summed E-state index contributed by atoms with van der Waals surface area (Å²) in [5.74, 6) is -0.00967. The molecule has 2 aromatic carbocycles. The highest BCUT2D eigenvalue weighted by atomic mass is 127. The molecular weight excluding hydrogens is 508 g/mol. The largest absolute Gasteiger partial charge is 0.324 e. The third-order valence-corrected chi connectivity index (χ3v) is 5.40. The molecule has 8 heteroatoms.